The number of hydrogen-bond donors (Lipinski definition) is 5. The molecule has 0 bridgehead atoms. The van der Waals surface area contributed by atoms with Gasteiger partial charge in [0.2, 0.25) is 11.5 Å². The third-order valence-electron chi connectivity index (χ3n) is 6.22. The molecule has 0 saturated carbocycles. The van der Waals surface area contributed by atoms with Crippen LogP contribution in [0, 0.1) is 0 Å². The molecule has 5 atom stereocenters. The van der Waals surface area contributed by atoms with Crippen LogP contribution in [0.4, 0.5) is 0 Å². The molecule has 0 radical (unpaired) electrons. The van der Waals surface area contributed by atoms with Crippen LogP contribution in [0.25, 0.3) is 6.08 Å². The summed E-state index contributed by atoms with van der Waals surface area (Å²) in [5.41, 5.74) is 0.122. The molecular weight excluding hydrogens is 508 g/mol. The number of carbonyl (C=O) groups excluding carboxylic acids is 2. The maximum absolute atomic E-state index is 12.4. The minimum atomic E-state index is -1.65. The lowest BCUT2D eigenvalue weighted by molar-refractivity contribution is -0.237. The van der Waals surface area contributed by atoms with Crippen molar-refractivity contribution >= 4 is 18.0 Å². The van der Waals surface area contributed by atoms with Crippen molar-refractivity contribution in [1.82, 2.24) is 0 Å². The van der Waals surface area contributed by atoms with Crippen molar-refractivity contribution in [2.24, 2.45) is 0 Å². The maximum atomic E-state index is 12.4. The SMILES string of the molecule is COc1cc(C=CC(=O)OCC2OC3c4c(cc(O)c(OC)c4O)C(=O)OC3C(O)C2O)cc(OC)c1O. The molecule has 13 heteroatoms. The first-order chi connectivity index (χ1) is 18.1. The Balaban J connectivity index is 1.51. The van der Waals surface area contributed by atoms with E-state index in [0.717, 1.165) is 12.1 Å². The van der Waals surface area contributed by atoms with Crippen molar-refractivity contribution in [3.63, 3.8) is 0 Å². The molecule has 2 aliphatic rings. The van der Waals surface area contributed by atoms with Crippen molar-refractivity contribution in [2.45, 2.75) is 30.5 Å². The molecule has 5 N–H and O–H groups in total. The Morgan fingerprint density at radius 3 is 2.24 bits per heavy atom. The Morgan fingerprint density at radius 1 is 0.974 bits per heavy atom. The summed E-state index contributed by atoms with van der Waals surface area (Å²) >= 11 is 0. The molecule has 2 aromatic carbocycles. The molecule has 0 aromatic heterocycles. The third-order valence-corrected chi connectivity index (χ3v) is 6.22. The summed E-state index contributed by atoms with van der Waals surface area (Å²) in [7, 11) is 3.91. The molecule has 0 aliphatic carbocycles. The van der Waals surface area contributed by atoms with Gasteiger partial charge in [-0.2, -0.15) is 0 Å². The predicted molar refractivity (Wildman–Crippen MR) is 126 cm³/mol. The Morgan fingerprint density at radius 2 is 1.63 bits per heavy atom. The highest BCUT2D eigenvalue weighted by atomic mass is 16.6. The maximum Gasteiger partial charge on any atom is 0.339 e. The highest BCUT2D eigenvalue weighted by Gasteiger charge is 2.52. The van der Waals surface area contributed by atoms with Gasteiger partial charge in [-0.15, -0.1) is 0 Å². The number of esters is 2. The highest BCUT2D eigenvalue weighted by Crippen LogP contribution is 2.50. The molecule has 4 rings (SSSR count). The van der Waals surface area contributed by atoms with Crippen molar-refractivity contribution in [1.29, 1.82) is 0 Å². The molecule has 38 heavy (non-hydrogen) atoms. The standard InChI is InChI=1S/C25H26O13/c1-33-13-6-10(7-14(34-2)18(13)28)4-5-16(27)36-9-15-19(29)21(31)24-23(37-15)17-11(25(32)38-24)8-12(26)22(35-3)20(17)30/h4-8,15,19,21,23-24,26,28-31H,9H2,1-3H3. The van der Waals surface area contributed by atoms with Crippen LogP contribution in [0.5, 0.6) is 34.5 Å². The number of rotatable bonds is 7. The fourth-order valence-electron chi connectivity index (χ4n) is 4.32. The first-order valence-corrected chi connectivity index (χ1v) is 11.3. The molecule has 1 fully saturated rings. The molecule has 5 unspecified atom stereocenters. The molecule has 1 saturated heterocycles. The number of carbonyl (C=O) groups is 2. The smallest absolute Gasteiger partial charge is 0.339 e. The van der Waals surface area contributed by atoms with Crippen molar-refractivity contribution in [3.8, 4) is 34.5 Å². The van der Waals surface area contributed by atoms with Gasteiger partial charge in [-0.05, 0) is 29.8 Å². The molecular formula is C25H26O13. The van der Waals surface area contributed by atoms with E-state index in [2.05, 4.69) is 0 Å². The summed E-state index contributed by atoms with van der Waals surface area (Å²) in [6, 6.07) is 3.96. The zero-order chi connectivity index (χ0) is 27.7. The van der Waals surface area contributed by atoms with Crippen LogP contribution in [0.3, 0.4) is 0 Å². The monoisotopic (exact) mass is 534 g/mol. The molecule has 0 spiro atoms. The second-order valence-corrected chi connectivity index (χ2v) is 8.42. The number of aliphatic hydroxyl groups is 2. The van der Waals surface area contributed by atoms with Gasteiger partial charge in [0, 0.05) is 11.6 Å². The Kier molecular flexibility index (Phi) is 7.53. The number of phenols is 3. The zero-order valence-electron chi connectivity index (χ0n) is 20.5. The van der Waals surface area contributed by atoms with E-state index in [0.29, 0.717) is 5.56 Å². The van der Waals surface area contributed by atoms with Crippen LogP contribution in [0.15, 0.2) is 24.3 Å². The van der Waals surface area contributed by atoms with E-state index < -0.39 is 60.6 Å². The molecule has 2 aromatic rings. The van der Waals surface area contributed by atoms with Crippen molar-refractivity contribution < 1.29 is 63.5 Å². The average molecular weight is 534 g/mol. The summed E-state index contributed by atoms with van der Waals surface area (Å²) in [5.74, 6) is -3.17. The van der Waals surface area contributed by atoms with Crippen LogP contribution >= 0.6 is 0 Å². The number of fused-ring (bicyclic) bond motifs is 3. The normalized spacial score (nSPS) is 24.2. The number of benzene rings is 2. The molecule has 204 valence electrons. The van der Waals surface area contributed by atoms with Crippen LogP contribution < -0.4 is 14.2 Å². The van der Waals surface area contributed by atoms with Crippen LogP contribution in [-0.4, -0.2) is 89.8 Å². The first-order valence-electron chi connectivity index (χ1n) is 11.3. The number of ether oxygens (including phenoxy) is 6. The first kappa shape index (κ1) is 26.9. The van der Waals surface area contributed by atoms with E-state index in [1.54, 1.807) is 0 Å². The van der Waals surface area contributed by atoms with Gasteiger partial charge >= 0.3 is 11.9 Å². The van der Waals surface area contributed by atoms with E-state index in [1.165, 1.54) is 39.5 Å². The quantitative estimate of drug-likeness (QED) is 0.248. The fraction of sp³-hybridized carbons (Fsp3) is 0.360. The minimum absolute atomic E-state index is 0.113. The number of methoxy groups -OCH3 is 3. The highest BCUT2D eigenvalue weighted by molar-refractivity contribution is 5.95. The fourth-order valence-corrected chi connectivity index (χ4v) is 4.32. The molecule has 2 heterocycles. The largest absolute Gasteiger partial charge is 0.504 e. The summed E-state index contributed by atoms with van der Waals surface area (Å²) in [6.07, 6.45) is -4.75. The second-order valence-electron chi connectivity index (χ2n) is 8.42. The molecule has 13 nitrogen and oxygen atoms in total. The van der Waals surface area contributed by atoms with Gasteiger partial charge in [0.25, 0.3) is 0 Å². The number of aromatic hydroxyl groups is 3. The van der Waals surface area contributed by atoms with Gasteiger partial charge in [0.15, 0.2) is 29.1 Å². The third kappa shape index (κ3) is 4.74. The minimum Gasteiger partial charge on any atom is -0.504 e. The van der Waals surface area contributed by atoms with E-state index in [-0.39, 0.29) is 34.1 Å². The zero-order valence-corrected chi connectivity index (χ0v) is 20.5. The Bertz CT molecular complexity index is 1250. The lowest BCUT2D eigenvalue weighted by Gasteiger charge is -2.44. The van der Waals surface area contributed by atoms with E-state index in [1.807, 2.05) is 0 Å². The van der Waals surface area contributed by atoms with Crippen LogP contribution in [0.2, 0.25) is 0 Å². The van der Waals surface area contributed by atoms with E-state index >= 15 is 0 Å². The number of phenolic OH excluding ortho intramolecular Hbond substituents is 3. The number of aliphatic hydroxyl groups excluding tert-OH is 2. The van der Waals surface area contributed by atoms with Crippen LogP contribution in [0.1, 0.15) is 27.6 Å². The predicted octanol–water partition coefficient (Wildman–Crippen LogP) is 0.786. The molecule has 0 amide bonds. The van der Waals surface area contributed by atoms with Gasteiger partial charge in [0.05, 0.1) is 26.9 Å². The van der Waals surface area contributed by atoms with E-state index in [9.17, 15) is 35.1 Å². The number of hydrogen-bond acceptors (Lipinski definition) is 13. The van der Waals surface area contributed by atoms with Gasteiger partial charge in [0.1, 0.15) is 31.0 Å². The van der Waals surface area contributed by atoms with Crippen LogP contribution in [-0.2, 0) is 19.0 Å². The summed E-state index contributed by atoms with van der Waals surface area (Å²) in [4.78, 5) is 24.8. The van der Waals surface area contributed by atoms with Gasteiger partial charge in [-0.1, -0.05) is 0 Å². The lowest BCUT2D eigenvalue weighted by atomic mass is 9.86. The Labute approximate surface area is 216 Å². The average Bonchev–Trinajstić information content (AvgIpc) is 2.90. The second kappa shape index (κ2) is 10.7. The van der Waals surface area contributed by atoms with Gasteiger partial charge in [-0.25, -0.2) is 9.59 Å². The summed E-state index contributed by atoms with van der Waals surface area (Å²) < 4.78 is 31.3. The van der Waals surface area contributed by atoms with Gasteiger partial charge < -0.3 is 54.0 Å². The van der Waals surface area contributed by atoms with E-state index in [4.69, 9.17) is 28.4 Å². The summed E-state index contributed by atoms with van der Waals surface area (Å²) in [5, 5.41) is 51.9. The van der Waals surface area contributed by atoms with Crippen molar-refractivity contribution in [2.75, 3.05) is 27.9 Å². The Hall–Kier alpha value is -4.20. The summed E-state index contributed by atoms with van der Waals surface area (Å²) in [6.45, 7) is -0.508. The van der Waals surface area contributed by atoms with Crippen molar-refractivity contribution in [3.05, 3.63) is 41.0 Å². The lowest BCUT2D eigenvalue weighted by Crippen LogP contribution is -2.58. The van der Waals surface area contributed by atoms with Gasteiger partial charge in [-0.3, -0.25) is 0 Å². The topological polar surface area (TPSA) is 191 Å². The molecule has 2 aliphatic heterocycles.